The molecule has 230 valence electrons. The third kappa shape index (κ3) is 7.06. The minimum Gasteiger partial charge on any atom is -0.347 e. The number of hydrogen-bond donors (Lipinski definition) is 3. The maximum atomic E-state index is 14.1. The molecule has 0 saturated carbocycles. The highest BCUT2D eigenvalue weighted by Crippen LogP contribution is 2.33. The summed E-state index contributed by atoms with van der Waals surface area (Å²) in [6, 6.07) is 11.8. The Labute approximate surface area is 252 Å². The molecule has 2 aromatic carbocycles. The van der Waals surface area contributed by atoms with Crippen LogP contribution in [0.5, 0.6) is 0 Å². The molecule has 2 saturated heterocycles. The SMILES string of the molecule is CN[C@@H](C)C(=O)N[C@H]1CN(C(=O)CCc2ccc(F)cc2)CC[C@H]2CC[C@@H](C(=O)N[C@@H]3CCCc4ccccc43)N2C1=O. The molecule has 43 heavy (non-hydrogen) atoms. The van der Waals surface area contributed by atoms with Crippen LogP contribution in [0.15, 0.2) is 48.5 Å². The van der Waals surface area contributed by atoms with E-state index in [1.807, 2.05) is 12.1 Å². The van der Waals surface area contributed by atoms with E-state index in [2.05, 4.69) is 28.1 Å². The average Bonchev–Trinajstić information content (AvgIpc) is 3.44. The average molecular weight is 592 g/mol. The van der Waals surface area contributed by atoms with Crippen LogP contribution in [-0.4, -0.2) is 77.7 Å². The Morgan fingerprint density at radius 1 is 0.977 bits per heavy atom. The third-order valence-electron chi connectivity index (χ3n) is 9.22. The number of likely N-dealkylation sites (N-methyl/N-ethyl adjacent to an activating group) is 1. The van der Waals surface area contributed by atoms with Crippen molar-refractivity contribution in [1.29, 1.82) is 0 Å². The molecule has 10 heteroatoms. The van der Waals surface area contributed by atoms with Crippen molar-refractivity contribution in [2.75, 3.05) is 20.1 Å². The van der Waals surface area contributed by atoms with Crippen LogP contribution >= 0.6 is 0 Å². The molecule has 0 spiro atoms. The van der Waals surface area contributed by atoms with Gasteiger partial charge in [-0.2, -0.15) is 0 Å². The highest BCUT2D eigenvalue weighted by atomic mass is 19.1. The highest BCUT2D eigenvalue weighted by Gasteiger charge is 2.46. The van der Waals surface area contributed by atoms with Gasteiger partial charge >= 0.3 is 0 Å². The van der Waals surface area contributed by atoms with Crippen molar-refractivity contribution in [2.24, 2.45) is 0 Å². The highest BCUT2D eigenvalue weighted by molar-refractivity contribution is 5.94. The number of fused-ring (bicyclic) bond motifs is 2. The van der Waals surface area contributed by atoms with Crippen molar-refractivity contribution in [3.8, 4) is 0 Å². The second-order valence-electron chi connectivity index (χ2n) is 12.0. The molecule has 5 rings (SSSR count). The van der Waals surface area contributed by atoms with Gasteiger partial charge in [0.05, 0.1) is 12.1 Å². The number of amides is 4. The Kier molecular flexibility index (Phi) is 9.75. The molecule has 1 aliphatic carbocycles. The molecule has 0 radical (unpaired) electrons. The molecule has 0 bridgehead atoms. The zero-order valence-electron chi connectivity index (χ0n) is 25.0. The van der Waals surface area contributed by atoms with E-state index in [0.29, 0.717) is 32.2 Å². The van der Waals surface area contributed by atoms with E-state index >= 15 is 0 Å². The molecule has 9 nitrogen and oxygen atoms in total. The van der Waals surface area contributed by atoms with Crippen molar-refractivity contribution in [3.63, 3.8) is 0 Å². The smallest absolute Gasteiger partial charge is 0.247 e. The van der Waals surface area contributed by atoms with Gasteiger partial charge in [0.1, 0.15) is 17.9 Å². The van der Waals surface area contributed by atoms with Crippen LogP contribution < -0.4 is 16.0 Å². The lowest BCUT2D eigenvalue weighted by atomic mass is 9.87. The van der Waals surface area contributed by atoms with Gasteiger partial charge in [-0.3, -0.25) is 19.2 Å². The zero-order valence-corrected chi connectivity index (χ0v) is 25.0. The Morgan fingerprint density at radius 2 is 1.74 bits per heavy atom. The normalized spacial score (nSPS) is 24.3. The van der Waals surface area contributed by atoms with Gasteiger partial charge in [0.25, 0.3) is 0 Å². The fraction of sp³-hybridized carbons (Fsp3) is 0.515. The van der Waals surface area contributed by atoms with Crippen LogP contribution in [0.1, 0.15) is 68.2 Å². The van der Waals surface area contributed by atoms with Crippen molar-refractivity contribution >= 4 is 23.6 Å². The van der Waals surface area contributed by atoms with Crippen LogP contribution in [0.3, 0.4) is 0 Å². The summed E-state index contributed by atoms with van der Waals surface area (Å²) in [6.45, 7) is 2.14. The van der Waals surface area contributed by atoms with Crippen LogP contribution in [0, 0.1) is 5.82 Å². The van der Waals surface area contributed by atoms with Crippen LogP contribution in [-0.2, 0) is 32.0 Å². The van der Waals surface area contributed by atoms with E-state index in [4.69, 9.17) is 0 Å². The van der Waals surface area contributed by atoms with Gasteiger partial charge in [-0.25, -0.2) is 4.39 Å². The van der Waals surface area contributed by atoms with Gasteiger partial charge in [0, 0.05) is 25.6 Å². The maximum absolute atomic E-state index is 14.1. The lowest BCUT2D eigenvalue weighted by molar-refractivity contribution is -0.147. The first-order chi connectivity index (χ1) is 20.7. The second kappa shape index (κ2) is 13.7. The summed E-state index contributed by atoms with van der Waals surface area (Å²) in [5.74, 6) is -1.31. The molecule has 2 aliphatic heterocycles. The maximum Gasteiger partial charge on any atom is 0.247 e. The number of carbonyl (C=O) groups excluding carboxylic acids is 4. The van der Waals surface area contributed by atoms with Crippen molar-refractivity contribution in [1.82, 2.24) is 25.8 Å². The molecule has 2 heterocycles. The molecular formula is C33H42FN5O4. The Morgan fingerprint density at radius 3 is 2.51 bits per heavy atom. The van der Waals surface area contributed by atoms with Gasteiger partial charge in [-0.15, -0.1) is 0 Å². The third-order valence-corrected chi connectivity index (χ3v) is 9.22. The van der Waals surface area contributed by atoms with E-state index in [1.165, 1.54) is 17.7 Å². The van der Waals surface area contributed by atoms with Crippen LogP contribution in [0.2, 0.25) is 0 Å². The Balaban J connectivity index is 1.32. The van der Waals surface area contributed by atoms with Gasteiger partial charge in [0.2, 0.25) is 23.6 Å². The summed E-state index contributed by atoms with van der Waals surface area (Å²) in [7, 11) is 1.66. The minimum absolute atomic E-state index is 0.0246. The largest absolute Gasteiger partial charge is 0.347 e. The van der Waals surface area contributed by atoms with E-state index in [1.54, 1.807) is 35.9 Å². The summed E-state index contributed by atoms with van der Waals surface area (Å²) in [5, 5.41) is 8.98. The number of aryl methyl sites for hydroxylation is 2. The first kappa shape index (κ1) is 30.7. The molecule has 2 fully saturated rings. The molecule has 5 atom stereocenters. The first-order valence-corrected chi connectivity index (χ1v) is 15.5. The van der Waals surface area contributed by atoms with Gasteiger partial charge in [-0.1, -0.05) is 36.4 Å². The van der Waals surface area contributed by atoms with E-state index in [-0.39, 0.29) is 54.5 Å². The molecule has 2 aromatic rings. The monoisotopic (exact) mass is 591 g/mol. The number of halogens is 1. The number of carbonyl (C=O) groups is 4. The second-order valence-corrected chi connectivity index (χ2v) is 12.0. The summed E-state index contributed by atoms with van der Waals surface area (Å²) in [6.07, 6.45) is 5.21. The predicted octanol–water partition coefficient (Wildman–Crippen LogP) is 2.64. The lowest BCUT2D eigenvalue weighted by Crippen LogP contribution is -2.62. The van der Waals surface area contributed by atoms with E-state index in [0.717, 1.165) is 30.4 Å². The number of rotatable bonds is 8. The fourth-order valence-electron chi connectivity index (χ4n) is 6.63. The fourth-order valence-corrected chi connectivity index (χ4v) is 6.63. The molecular weight excluding hydrogens is 549 g/mol. The molecule has 0 aromatic heterocycles. The van der Waals surface area contributed by atoms with Crippen LogP contribution in [0.4, 0.5) is 4.39 Å². The Bertz CT molecular complexity index is 1330. The minimum atomic E-state index is -0.982. The number of benzene rings is 2. The van der Waals surface area contributed by atoms with E-state index < -0.39 is 18.1 Å². The predicted molar refractivity (Wildman–Crippen MR) is 160 cm³/mol. The van der Waals surface area contributed by atoms with Gasteiger partial charge in [0.15, 0.2) is 0 Å². The lowest BCUT2D eigenvalue weighted by Gasteiger charge is -2.39. The molecule has 0 unspecified atom stereocenters. The molecule has 3 aliphatic rings. The number of hydrogen-bond acceptors (Lipinski definition) is 5. The molecule has 3 N–H and O–H groups in total. The topological polar surface area (TPSA) is 111 Å². The van der Waals surface area contributed by atoms with Crippen molar-refractivity contribution < 1.29 is 23.6 Å². The quantitative estimate of drug-likeness (QED) is 0.437. The first-order valence-electron chi connectivity index (χ1n) is 15.5. The van der Waals surface area contributed by atoms with Gasteiger partial charge < -0.3 is 25.8 Å². The standard InChI is InChI=1S/C33H42FN5O4/c1-21(35-2)31(41)37-28-20-38(30(40)17-12-22-10-13-24(34)14-11-22)19-18-25-15-16-29(39(25)33(28)43)32(42)36-27-9-5-7-23-6-3-4-8-26(23)27/h3-4,6,8,10-11,13-14,21,25,27-29,35H,5,7,9,12,15-20H2,1-2H3,(H,36,42)(H,37,41)/t21-,25+,27+,28-,29-/m0/s1. The van der Waals surface area contributed by atoms with Gasteiger partial charge in [-0.05, 0) is 87.7 Å². The Hall–Kier alpha value is -3.79. The van der Waals surface area contributed by atoms with Crippen LogP contribution in [0.25, 0.3) is 0 Å². The zero-order chi connectivity index (χ0) is 30.5. The summed E-state index contributed by atoms with van der Waals surface area (Å²) in [5.41, 5.74) is 3.23. The van der Waals surface area contributed by atoms with Crippen molar-refractivity contribution in [2.45, 2.75) is 88.5 Å². The summed E-state index contributed by atoms with van der Waals surface area (Å²) < 4.78 is 13.3. The summed E-state index contributed by atoms with van der Waals surface area (Å²) in [4.78, 5) is 57.5. The van der Waals surface area contributed by atoms with Crippen molar-refractivity contribution in [3.05, 3.63) is 71.0 Å². The summed E-state index contributed by atoms with van der Waals surface area (Å²) >= 11 is 0. The number of nitrogens with one attached hydrogen (secondary N) is 3. The van der Waals surface area contributed by atoms with E-state index in [9.17, 15) is 23.6 Å². The molecule has 4 amide bonds. The number of nitrogens with zero attached hydrogens (tertiary/aromatic N) is 2.